The van der Waals surface area contributed by atoms with Crippen LogP contribution in [0.25, 0.3) is 0 Å². The molecule has 0 amide bonds. The fourth-order valence-corrected chi connectivity index (χ4v) is 2.97. The standard InChI is InChI=1S/C12H16BrN3/c1-8-11(13)2-3-12(15-8)16-6-9-4-14-5-10(9)7-16/h2-3,9-10,14H,4-7H2,1H3/t9-,10+. The summed E-state index contributed by atoms with van der Waals surface area (Å²) in [7, 11) is 0. The van der Waals surface area contributed by atoms with E-state index in [4.69, 9.17) is 0 Å². The lowest BCUT2D eigenvalue weighted by molar-refractivity contribution is 0.533. The first-order chi connectivity index (χ1) is 7.74. The predicted molar refractivity (Wildman–Crippen MR) is 68.7 cm³/mol. The zero-order chi connectivity index (χ0) is 11.1. The highest BCUT2D eigenvalue weighted by molar-refractivity contribution is 9.10. The third-order valence-corrected chi connectivity index (χ3v) is 4.56. The number of nitrogens with one attached hydrogen (secondary N) is 1. The Morgan fingerprint density at radius 2 is 2.00 bits per heavy atom. The summed E-state index contributed by atoms with van der Waals surface area (Å²) in [4.78, 5) is 7.07. The van der Waals surface area contributed by atoms with Gasteiger partial charge < -0.3 is 10.2 Å². The van der Waals surface area contributed by atoms with Gasteiger partial charge in [-0.15, -0.1) is 0 Å². The molecule has 0 bridgehead atoms. The van der Waals surface area contributed by atoms with Crippen LogP contribution in [0.2, 0.25) is 0 Å². The number of halogens is 1. The second-order valence-corrected chi connectivity index (χ2v) is 5.67. The molecule has 2 atom stereocenters. The lowest BCUT2D eigenvalue weighted by Gasteiger charge is -2.19. The van der Waals surface area contributed by atoms with Gasteiger partial charge in [-0.05, 0) is 46.8 Å². The molecule has 3 heterocycles. The summed E-state index contributed by atoms with van der Waals surface area (Å²) in [5.41, 5.74) is 1.08. The normalized spacial score (nSPS) is 28.5. The summed E-state index contributed by atoms with van der Waals surface area (Å²) in [5.74, 6) is 2.78. The van der Waals surface area contributed by atoms with Crippen molar-refractivity contribution in [3.63, 3.8) is 0 Å². The molecule has 1 aromatic rings. The number of aromatic nitrogens is 1. The number of rotatable bonds is 1. The van der Waals surface area contributed by atoms with Crippen LogP contribution in [0.15, 0.2) is 16.6 Å². The topological polar surface area (TPSA) is 28.2 Å². The highest BCUT2D eigenvalue weighted by Crippen LogP contribution is 2.30. The van der Waals surface area contributed by atoms with E-state index in [1.807, 2.05) is 6.92 Å². The number of pyridine rings is 1. The van der Waals surface area contributed by atoms with Crippen LogP contribution in [0.3, 0.4) is 0 Å². The molecule has 2 fully saturated rings. The zero-order valence-electron chi connectivity index (χ0n) is 9.41. The van der Waals surface area contributed by atoms with Crippen LogP contribution >= 0.6 is 15.9 Å². The monoisotopic (exact) mass is 281 g/mol. The molecule has 4 heteroatoms. The van der Waals surface area contributed by atoms with Crippen molar-refractivity contribution in [2.45, 2.75) is 6.92 Å². The molecule has 0 spiro atoms. The number of nitrogens with zero attached hydrogens (tertiary/aromatic N) is 2. The van der Waals surface area contributed by atoms with Gasteiger partial charge in [0.05, 0.1) is 5.69 Å². The van der Waals surface area contributed by atoms with E-state index in [0.29, 0.717) is 0 Å². The molecule has 0 radical (unpaired) electrons. The molecule has 3 nitrogen and oxygen atoms in total. The Morgan fingerprint density at radius 3 is 2.62 bits per heavy atom. The molecule has 0 unspecified atom stereocenters. The highest BCUT2D eigenvalue weighted by Gasteiger charge is 2.36. The Kier molecular flexibility index (Phi) is 2.64. The smallest absolute Gasteiger partial charge is 0.128 e. The van der Waals surface area contributed by atoms with E-state index in [0.717, 1.165) is 40.9 Å². The van der Waals surface area contributed by atoms with Crippen molar-refractivity contribution in [1.82, 2.24) is 10.3 Å². The third-order valence-electron chi connectivity index (χ3n) is 3.72. The maximum atomic E-state index is 4.64. The second kappa shape index (κ2) is 4.00. The molecular formula is C12H16BrN3. The van der Waals surface area contributed by atoms with E-state index < -0.39 is 0 Å². The van der Waals surface area contributed by atoms with Gasteiger partial charge in [0, 0.05) is 30.7 Å². The van der Waals surface area contributed by atoms with Gasteiger partial charge in [0.15, 0.2) is 0 Å². The molecule has 0 aliphatic carbocycles. The lowest BCUT2D eigenvalue weighted by Crippen LogP contribution is -2.26. The summed E-state index contributed by atoms with van der Waals surface area (Å²) in [5, 5.41) is 3.46. The Balaban J connectivity index is 1.81. The first-order valence-electron chi connectivity index (χ1n) is 5.83. The molecule has 16 heavy (non-hydrogen) atoms. The van der Waals surface area contributed by atoms with Gasteiger partial charge in [0.1, 0.15) is 5.82 Å². The first kappa shape index (κ1) is 10.5. The van der Waals surface area contributed by atoms with Crippen molar-refractivity contribution in [3.05, 3.63) is 22.3 Å². The average Bonchev–Trinajstić information content (AvgIpc) is 2.81. The molecule has 1 aromatic heterocycles. The molecule has 0 saturated carbocycles. The Bertz CT molecular complexity index is 395. The van der Waals surface area contributed by atoms with Crippen LogP contribution in [0.1, 0.15) is 5.69 Å². The summed E-state index contributed by atoms with van der Waals surface area (Å²) >= 11 is 3.50. The highest BCUT2D eigenvalue weighted by atomic mass is 79.9. The molecule has 2 aliphatic rings. The van der Waals surface area contributed by atoms with Gasteiger partial charge in [0.2, 0.25) is 0 Å². The van der Waals surface area contributed by atoms with Gasteiger partial charge in [-0.2, -0.15) is 0 Å². The fourth-order valence-electron chi connectivity index (χ4n) is 2.75. The maximum absolute atomic E-state index is 4.64. The van der Waals surface area contributed by atoms with Crippen molar-refractivity contribution in [1.29, 1.82) is 0 Å². The Labute approximate surface area is 104 Å². The zero-order valence-corrected chi connectivity index (χ0v) is 11.0. The summed E-state index contributed by atoms with van der Waals surface area (Å²) in [6.45, 7) is 6.72. The summed E-state index contributed by atoms with van der Waals surface area (Å²) < 4.78 is 1.09. The average molecular weight is 282 g/mol. The van der Waals surface area contributed by atoms with E-state index in [1.54, 1.807) is 0 Å². The minimum absolute atomic E-state index is 0.825. The Morgan fingerprint density at radius 1 is 1.31 bits per heavy atom. The van der Waals surface area contributed by atoms with Crippen LogP contribution in [-0.4, -0.2) is 31.2 Å². The number of fused-ring (bicyclic) bond motifs is 1. The number of anilines is 1. The number of hydrogen-bond donors (Lipinski definition) is 1. The lowest BCUT2D eigenvalue weighted by atomic mass is 10.0. The number of hydrogen-bond acceptors (Lipinski definition) is 3. The fraction of sp³-hybridized carbons (Fsp3) is 0.583. The van der Waals surface area contributed by atoms with Crippen LogP contribution in [0, 0.1) is 18.8 Å². The summed E-state index contributed by atoms with van der Waals surface area (Å²) in [6, 6.07) is 4.22. The predicted octanol–water partition coefficient (Wildman–Crippen LogP) is 1.81. The SMILES string of the molecule is Cc1nc(N2C[C@H]3CNC[C@H]3C2)ccc1Br. The van der Waals surface area contributed by atoms with Crippen LogP contribution in [0.5, 0.6) is 0 Å². The van der Waals surface area contributed by atoms with Gasteiger partial charge in [-0.1, -0.05) is 0 Å². The largest absolute Gasteiger partial charge is 0.356 e. The van der Waals surface area contributed by atoms with E-state index in [-0.39, 0.29) is 0 Å². The van der Waals surface area contributed by atoms with E-state index in [2.05, 4.69) is 43.3 Å². The van der Waals surface area contributed by atoms with E-state index >= 15 is 0 Å². The molecule has 2 aliphatic heterocycles. The molecule has 0 aromatic carbocycles. The third kappa shape index (κ3) is 1.74. The van der Waals surface area contributed by atoms with Gasteiger partial charge >= 0.3 is 0 Å². The molecule has 3 rings (SSSR count). The van der Waals surface area contributed by atoms with Crippen molar-refractivity contribution < 1.29 is 0 Å². The minimum Gasteiger partial charge on any atom is -0.356 e. The van der Waals surface area contributed by atoms with Crippen LogP contribution in [-0.2, 0) is 0 Å². The van der Waals surface area contributed by atoms with Crippen molar-refractivity contribution >= 4 is 21.7 Å². The van der Waals surface area contributed by atoms with Crippen molar-refractivity contribution in [3.8, 4) is 0 Å². The van der Waals surface area contributed by atoms with E-state index in [9.17, 15) is 0 Å². The maximum Gasteiger partial charge on any atom is 0.128 e. The number of aryl methyl sites for hydroxylation is 1. The van der Waals surface area contributed by atoms with Crippen molar-refractivity contribution in [2.75, 3.05) is 31.1 Å². The first-order valence-corrected chi connectivity index (χ1v) is 6.62. The molecule has 1 N–H and O–H groups in total. The Hall–Kier alpha value is -0.610. The second-order valence-electron chi connectivity index (χ2n) is 4.82. The summed E-state index contributed by atoms with van der Waals surface area (Å²) in [6.07, 6.45) is 0. The van der Waals surface area contributed by atoms with Gasteiger partial charge in [0.25, 0.3) is 0 Å². The molecular weight excluding hydrogens is 266 g/mol. The van der Waals surface area contributed by atoms with E-state index in [1.165, 1.54) is 13.1 Å². The van der Waals surface area contributed by atoms with Gasteiger partial charge in [-0.25, -0.2) is 4.98 Å². The van der Waals surface area contributed by atoms with Crippen LogP contribution < -0.4 is 10.2 Å². The van der Waals surface area contributed by atoms with Crippen LogP contribution in [0.4, 0.5) is 5.82 Å². The quantitative estimate of drug-likeness (QED) is 0.851. The minimum atomic E-state index is 0.825. The molecule has 86 valence electrons. The van der Waals surface area contributed by atoms with Crippen molar-refractivity contribution in [2.24, 2.45) is 11.8 Å². The molecule has 2 saturated heterocycles. The van der Waals surface area contributed by atoms with Gasteiger partial charge in [-0.3, -0.25) is 0 Å².